The maximum atomic E-state index is 12.2. The SMILES string of the molecule is NNc1ccc(Cl)cc1C(=O)Nc1ccc([N+](=O)[O-])cc1. The van der Waals surface area contributed by atoms with Crippen LogP contribution in [0.1, 0.15) is 10.4 Å². The first kappa shape index (κ1) is 14.8. The Morgan fingerprint density at radius 1 is 1.19 bits per heavy atom. The molecule has 0 atom stereocenters. The maximum Gasteiger partial charge on any atom is 0.269 e. The molecule has 2 aromatic carbocycles. The Morgan fingerprint density at radius 3 is 2.43 bits per heavy atom. The molecule has 0 bridgehead atoms. The normalized spacial score (nSPS) is 10.0. The molecule has 0 aliphatic heterocycles. The van der Waals surface area contributed by atoms with Crippen LogP contribution < -0.4 is 16.6 Å². The smallest absolute Gasteiger partial charge is 0.269 e. The lowest BCUT2D eigenvalue weighted by Gasteiger charge is -2.10. The Bertz CT molecular complexity index is 688. The first-order valence-electron chi connectivity index (χ1n) is 5.83. The highest BCUT2D eigenvalue weighted by Gasteiger charge is 2.13. The number of carbonyl (C=O) groups excluding carboxylic acids is 1. The summed E-state index contributed by atoms with van der Waals surface area (Å²) in [4.78, 5) is 22.2. The van der Waals surface area contributed by atoms with Gasteiger partial charge in [0.1, 0.15) is 0 Å². The second-order valence-electron chi connectivity index (χ2n) is 4.09. The van der Waals surface area contributed by atoms with E-state index >= 15 is 0 Å². The van der Waals surface area contributed by atoms with E-state index in [2.05, 4.69) is 10.7 Å². The van der Waals surface area contributed by atoms with Gasteiger partial charge in [0.15, 0.2) is 0 Å². The van der Waals surface area contributed by atoms with E-state index in [1.54, 1.807) is 12.1 Å². The van der Waals surface area contributed by atoms with Crippen LogP contribution in [0.3, 0.4) is 0 Å². The molecule has 0 saturated carbocycles. The average molecular weight is 307 g/mol. The summed E-state index contributed by atoms with van der Waals surface area (Å²) in [6, 6.07) is 10.1. The molecular formula is C13H11ClN4O3. The molecule has 2 aromatic rings. The van der Waals surface area contributed by atoms with Gasteiger partial charge in [-0.25, -0.2) is 0 Å². The molecule has 0 aliphatic carbocycles. The second kappa shape index (κ2) is 6.21. The Labute approximate surface area is 124 Å². The van der Waals surface area contributed by atoms with Gasteiger partial charge in [-0.15, -0.1) is 0 Å². The maximum absolute atomic E-state index is 12.2. The van der Waals surface area contributed by atoms with Crippen LogP contribution in [0, 0.1) is 10.1 Å². The summed E-state index contributed by atoms with van der Waals surface area (Å²) in [5.41, 5.74) is 3.46. The number of amides is 1. The van der Waals surface area contributed by atoms with Crippen molar-refractivity contribution in [2.45, 2.75) is 0 Å². The first-order chi connectivity index (χ1) is 10.0. The second-order valence-corrected chi connectivity index (χ2v) is 4.53. The van der Waals surface area contributed by atoms with E-state index in [1.165, 1.54) is 30.3 Å². The van der Waals surface area contributed by atoms with Gasteiger partial charge < -0.3 is 10.7 Å². The molecule has 1 amide bonds. The molecule has 0 saturated heterocycles. The van der Waals surface area contributed by atoms with Gasteiger partial charge in [0.05, 0.1) is 16.2 Å². The number of carbonyl (C=O) groups is 1. The number of hydrogen-bond donors (Lipinski definition) is 3. The number of hydrogen-bond acceptors (Lipinski definition) is 5. The Hall–Kier alpha value is -2.64. The molecule has 21 heavy (non-hydrogen) atoms. The highest BCUT2D eigenvalue weighted by molar-refractivity contribution is 6.31. The third-order valence-electron chi connectivity index (χ3n) is 2.72. The minimum absolute atomic E-state index is 0.0555. The molecular weight excluding hydrogens is 296 g/mol. The largest absolute Gasteiger partial charge is 0.323 e. The molecule has 0 heterocycles. The summed E-state index contributed by atoms with van der Waals surface area (Å²) in [7, 11) is 0. The third-order valence-corrected chi connectivity index (χ3v) is 2.95. The van der Waals surface area contributed by atoms with Crippen LogP contribution in [0.25, 0.3) is 0 Å². The monoisotopic (exact) mass is 306 g/mol. The fourth-order valence-corrected chi connectivity index (χ4v) is 1.87. The van der Waals surface area contributed by atoms with E-state index in [0.717, 1.165) is 0 Å². The summed E-state index contributed by atoms with van der Waals surface area (Å²) in [5.74, 6) is 4.91. The van der Waals surface area contributed by atoms with Gasteiger partial charge in [-0.3, -0.25) is 20.8 Å². The zero-order valence-corrected chi connectivity index (χ0v) is 11.4. The quantitative estimate of drug-likeness (QED) is 0.457. The van der Waals surface area contributed by atoms with E-state index < -0.39 is 10.8 Å². The van der Waals surface area contributed by atoms with Crippen molar-refractivity contribution in [3.63, 3.8) is 0 Å². The molecule has 0 aromatic heterocycles. The first-order valence-corrected chi connectivity index (χ1v) is 6.21. The minimum atomic E-state index is -0.515. The summed E-state index contributed by atoms with van der Waals surface area (Å²) < 4.78 is 0. The fraction of sp³-hybridized carbons (Fsp3) is 0. The van der Waals surface area contributed by atoms with E-state index in [9.17, 15) is 14.9 Å². The van der Waals surface area contributed by atoms with Crippen LogP contribution in [0.4, 0.5) is 17.1 Å². The predicted octanol–water partition coefficient (Wildman–Crippen LogP) is 2.79. The molecule has 8 heteroatoms. The molecule has 0 unspecified atom stereocenters. The summed E-state index contributed by atoms with van der Waals surface area (Å²) >= 11 is 5.85. The molecule has 108 valence electrons. The van der Waals surface area contributed by atoms with Crippen molar-refractivity contribution in [1.29, 1.82) is 0 Å². The van der Waals surface area contributed by atoms with E-state index in [-0.39, 0.29) is 11.3 Å². The predicted molar refractivity (Wildman–Crippen MR) is 80.3 cm³/mol. The molecule has 4 N–H and O–H groups in total. The highest BCUT2D eigenvalue weighted by atomic mass is 35.5. The van der Waals surface area contributed by atoms with Gasteiger partial charge in [0.2, 0.25) is 0 Å². The van der Waals surface area contributed by atoms with Crippen molar-refractivity contribution < 1.29 is 9.72 Å². The Morgan fingerprint density at radius 2 is 1.86 bits per heavy atom. The molecule has 2 rings (SSSR count). The Balaban J connectivity index is 2.21. The van der Waals surface area contributed by atoms with Gasteiger partial charge >= 0.3 is 0 Å². The van der Waals surface area contributed by atoms with Crippen LogP contribution >= 0.6 is 11.6 Å². The topological polar surface area (TPSA) is 110 Å². The number of hydrazine groups is 1. The van der Waals surface area contributed by atoms with Crippen LogP contribution in [0.5, 0.6) is 0 Å². The summed E-state index contributed by atoms with van der Waals surface area (Å²) in [6.07, 6.45) is 0. The number of nitrogens with one attached hydrogen (secondary N) is 2. The van der Waals surface area contributed by atoms with E-state index in [4.69, 9.17) is 17.4 Å². The van der Waals surface area contributed by atoms with Crippen LogP contribution in [-0.2, 0) is 0 Å². The van der Waals surface area contributed by atoms with Crippen LogP contribution in [0.15, 0.2) is 42.5 Å². The highest BCUT2D eigenvalue weighted by Crippen LogP contribution is 2.22. The van der Waals surface area contributed by atoms with Gasteiger partial charge in [0, 0.05) is 22.8 Å². The lowest BCUT2D eigenvalue weighted by atomic mass is 10.1. The lowest BCUT2D eigenvalue weighted by Crippen LogP contribution is -2.17. The number of nitrogen functional groups attached to an aromatic ring is 1. The number of halogens is 1. The minimum Gasteiger partial charge on any atom is -0.323 e. The number of nitrogens with zero attached hydrogens (tertiary/aromatic N) is 1. The number of non-ortho nitro benzene ring substituents is 1. The number of nitro benzene ring substituents is 1. The summed E-state index contributed by atoms with van der Waals surface area (Å²) in [5, 5.41) is 13.6. The van der Waals surface area contributed by atoms with Crippen molar-refractivity contribution >= 4 is 34.6 Å². The van der Waals surface area contributed by atoms with Crippen molar-refractivity contribution in [1.82, 2.24) is 0 Å². The van der Waals surface area contributed by atoms with Crippen molar-refractivity contribution in [3.05, 3.63) is 63.2 Å². The van der Waals surface area contributed by atoms with Crippen molar-refractivity contribution in [2.75, 3.05) is 10.7 Å². The molecule has 0 aliphatic rings. The van der Waals surface area contributed by atoms with Gasteiger partial charge in [-0.05, 0) is 30.3 Å². The zero-order chi connectivity index (χ0) is 15.4. The number of rotatable bonds is 4. The molecule has 0 fully saturated rings. The molecule has 0 spiro atoms. The van der Waals surface area contributed by atoms with E-state index in [0.29, 0.717) is 16.4 Å². The number of nitrogens with two attached hydrogens (primary N) is 1. The van der Waals surface area contributed by atoms with Crippen molar-refractivity contribution in [2.24, 2.45) is 5.84 Å². The number of anilines is 2. The molecule has 0 radical (unpaired) electrons. The summed E-state index contributed by atoms with van der Waals surface area (Å²) in [6.45, 7) is 0. The molecule has 7 nitrogen and oxygen atoms in total. The third kappa shape index (κ3) is 3.47. The lowest BCUT2D eigenvalue weighted by molar-refractivity contribution is -0.384. The van der Waals surface area contributed by atoms with Crippen molar-refractivity contribution in [3.8, 4) is 0 Å². The van der Waals surface area contributed by atoms with Gasteiger partial charge in [-0.2, -0.15) is 0 Å². The van der Waals surface area contributed by atoms with Gasteiger partial charge in [0.25, 0.3) is 11.6 Å². The van der Waals surface area contributed by atoms with Crippen LogP contribution in [-0.4, -0.2) is 10.8 Å². The standard InChI is InChI=1S/C13H11ClN4O3/c14-8-1-6-12(17-15)11(7-8)13(19)16-9-2-4-10(5-3-9)18(20)21/h1-7,17H,15H2,(H,16,19). The zero-order valence-electron chi connectivity index (χ0n) is 10.7. The van der Waals surface area contributed by atoms with E-state index in [1.807, 2.05) is 0 Å². The average Bonchev–Trinajstić information content (AvgIpc) is 2.47. The Kier molecular flexibility index (Phi) is 4.36. The fourth-order valence-electron chi connectivity index (χ4n) is 1.70. The number of benzene rings is 2. The number of nitro groups is 1. The van der Waals surface area contributed by atoms with Gasteiger partial charge in [-0.1, -0.05) is 11.6 Å². The van der Waals surface area contributed by atoms with Crippen LogP contribution in [0.2, 0.25) is 5.02 Å².